The highest BCUT2D eigenvalue weighted by Crippen LogP contribution is 2.35. The van der Waals surface area contributed by atoms with Gasteiger partial charge in [-0.15, -0.1) is 0 Å². The number of nitrogens with one attached hydrogen (secondary N) is 1. The van der Waals surface area contributed by atoms with Crippen LogP contribution in [0.15, 0.2) is 78.4 Å². The van der Waals surface area contributed by atoms with Gasteiger partial charge in [0.1, 0.15) is 10.8 Å². The van der Waals surface area contributed by atoms with Gasteiger partial charge in [0.15, 0.2) is 0 Å². The zero-order chi connectivity index (χ0) is 29.8. The van der Waals surface area contributed by atoms with Crippen LogP contribution in [-0.4, -0.2) is 66.5 Å². The lowest BCUT2D eigenvalue weighted by Crippen LogP contribution is -2.61. The second-order valence-electron chi connectivity index (χ2n) is 11.3. The number of hydrogen-bond donors (Lipinski definition) is 1. The van der Waals surface area contributed by atoms with Crippen LogP contribution in [0.4, 0.5) is 0 Å². The third-order valence-electron chi connectivity index (χ3n) is 8.05. The number of rotatable bonds is 9. The minimum absolute atomic E-state index is 0.0000132. The van der Waals surface area contributed by atoms with Crippen LogP contribution in [0.3, 0.4) is 0 Å². The van der Waals surface area contributed by atoms with E-state index in [1.807, 2.05) is 60.2 Å². The maximum Gasteiger partial charge on any atom is 0.251 e. The molecule has 2 aliphatic rings. The summed E-state index contributed by atoms with van der Waals surface area (Å²) in [6, 6.07) is 23.8. The molecule has 1 N–H and O–H groups in total. The van der Waals surface area contributed by atoms with E-state index in [0.717, 1.165) is 28.7 Å². The van der Waals surface area contributed by atoms with Gasteiger partial charge < -0.3 is 19.9 Å². The molecule has 0 radical (unpaired) electrons. The van der Waals surface area contributed by atoms with Crippen LogP contribution in [0.2, 0.25) is 10.0 Å². The van der Waals surface area contributed by atoms with E-state index in [1.54, 1.807) is 13.0 Å². The van der Waals surface area contributed by atoms with Crippen molar-refractivity contribution in [3.8, 4) is 5.75 Å². The average Bonchev–Trinajstić information content (AvgIpc) is 2.98. The molecule has 220 valence electrons. The summed E-state index contributed by atoms with van der Waals surface area (Å²) < 4.78 is 6.13. The number of likely N-dealkylation sites (N-methyl/N-ethyl adjacent to an activating group) is 1. The Labute approximate surface area is 258 Å². The SMILES string of the molecule is CC(=O)N1CC2CC(c3cccc(CC(C)Oc4cccc(Cl)c4Cl)c3)=C(C(=O)N(C)CCc3ccccc3)C(C1)N2. The third-order valence-corrected chi connectivity index (χ3v) is 8.85. The second kappa shape index (κ2) is 13.3. The van der Waals surface area contributed by atoms with E-state index in [4.69, 9.17) is 27.9 Å². The number of nitrogens with zero attached hydrogens (tertiary/aromatic N) is 2. The Bertz CT molecular complexity index is 1480. The second-order valence-corrected chi connectivity index (χ2v) is 12.1. The van der Waals surface area contributed by atoms with Crippen LogP contribution in [0.5, 0.6) is 5.75 Å². The summed E-state index contributed by atoms with van der Waals surface area (Å²) in [5.74, 6) is 0.595. The van der Waals surface area contributed by atoms with Crippen LogP contribution in [-0.2, 0) is 22.4 Å². The lowest BCUT2D eigenvalue weighted by molar-refractivity contribution is -0.132. The van der Waals surface area contributed by atoms with Gasteiger partial charge in [-0.2, -0.15) is 0 Å². The molecule has 5 rings (SSSR count). The maximum absolute atomic E-state index is 14.1. The van der Waals surface area contributed by atoms with Crippen molar-refractivity contribution in [1.29, 1.82) is 0 Å². The first-order valence-corrected chi connectivity index (χ1v) is 15.2. The molecule has 2 amide bonds. The van der Waals surface area contributed by atoms with Gasteiger partial charge >= 0.3 is 0 Å². The van der Waals surface area contributed by atoms with Crippen LogP contribution >= 0.6 is 23.2 Å². The summed E-state index contributed by atoms with van der Waals surface area (Å²) in [5.41, 5.74) is 5.13. The standard InChI is InChI=1S/C34H37Cl2N3O3/c1-22(42-31-14-8-13-29(35)33(31)36)17-25-11-7-12-26(18-25)28-19-27-20-39(23(2)40)21-30(37-27)32(28)34(41)38(3)16-15-24-9-5-4-6-10-24/h4-14,18,22,27,30,37H,15-17,19-21H2,1-3H3. The van der Waals surface area contributed by atoms with Gasteiger partial charge in [0.25, 0.3) is 5.91 Å². The molecule has 42 heavy (non-hydrogen) atoms. The van der Waals surface area contributed by atoms with Crippen molar-refractivity contribution in [2.45, 2.75) is 51.3 Å². The van der Waals surface area contributed by atoms with E-state index in [0.29, 0.717) is 48.3 Å². The molecule has 0 saturated carbocycles. The molecule has 1 saturated heterocycles. The van der Waals surface area contributed by atoms with Gasteiger partial charge in [-0.05, 0) is 54.2 Å². The molecule has 2 bridgehead atoms. The van der Waals surface area contributed by atoms with Crippen molar-refractivity contribution in [2.24, 2.45) is 0 Å². The molecular formula is C34H37Cl2N3O3. The summed E-state index contributed by atoms with van der Waals surface area (Å²) in [7, 11) is 1.87. The van der Waals surface area contributed by atoms with E-state index < -0.39 is 0 Å². The topological polar surface area (TPSA) is 61.9 Å². The number of fused-ring (bicyclic) bond motifs is 2. The zero-order valence-electron chi connectivity index (χ0n) is 24.3. The number of carbonyl (C=O) groups is 2. The number of ether oxygens (including phenoxy) is 1. The third kappa shape index (κ3) is 7.00. The lowest BCUT2D eigenvalue weighted by atomic mass is 9.82. The Morgan fingerprint density at radius 2 is 1.76 bits per heavy atom. The van der Waals surface area contributed by atoms with Gasteiger partial charge in [-0.3, -0.25) is 9.59 Å². The van der Waals surface area contributed by atoms with Gasteiger partial charge in [0.05, 0.1) is 17.2 Å². The molecule has 3 unspecified atom stereocenters. The first-order chi connectivity index (χ1) is 20.2. The lowest BCUT2D eigenvalue weighted by Gasteiger charge is -2.44. The van der Waals surface area contributed by atoms with E-state index in [9.17, 15) is 9.59 Å². The highest BCUT2D eigenvalue weighted by atomic mass is 35.5. The number of amides is 2. The van der Waals surface area contributed by atoms with Crippen LogP contribution < -0.4 is 10.1 Å². The molecule has 3 atom stereocenters. The van der Waals surface area contributed by atoms with Crippen molar-refractivity contribution in [3.05, 3.63) is 105 Å². The zero-order valence-corrected chi connectivity index (χ0v) is 25.8. The largest absolute Gasteiger partial charge is 0.489 e. The predicted octanol–water partition coefficient (Wildman–Crippen LogP) is 6.05. The first-order valence-electron chi connectivity index (χ1n) is 14.4. The monoisotopic (exact) mass is 605 g/mol. The summed E-state index contributed by atoms with van der Waals surface area (Å²) >= 11 is 12.5. The number of piperazine rings is 1. The number of halogens is 2. The Kier molecular flexibility index (Phi) is 9.57. The molecule has 2 heterocycles. The van der Waals surface area contributed by atoms with Crippen LogP contribution in [0.1, 0.15) is 37.0 Å². The quantitative estimate of drug-likeness (QED) is 0.322. The molecule has 0 aliphatic carbocycles. The minimum atomic E-state index is -0.223. The van der Waals surface area contributed by atoms with Crippen molar-refractivity contribution >= 4 is 40.6 Å². The van der Waals surface area contributed by atoms with E-state index in [2.05, 4.69) is 35.6 Å². The molecule has 8 heteroatoms. The molecule has 2 aliphatic heterocycles. The molecule has 0 spiro atoms. The summed E-state index contributed by atoms with van der Waals surface area (Å²) in [5, 5.41) is 4.51. The predicted molar refractivity (Wildman–Crippen MR) is 169 cm³/mol. The summed E-state index contributed by atoms with van der Waals surface area (Å²) in [4.78, 5) is 30.1. The fraction of sp³-hybridized carbons (Fsp3) is 0.353. The van der Waals surface area contributed by atoms with E-state index in [1.165, 1.54) is 5.56 Å². The number of hydrogen-bond acceptors (Lipinski definition) is 4. The smallest absolute Gasteiger partial charge is 0.251 e. The summed E-state index contributed by atoms with van der Waals surface area (Å²) in [6.45, 7) is 5.32. The normalized spacial score (nSPS) is 18.9. The maximum atomic E-state index is 14.1. The highest BCUT2D eigenvalue weighted by Gasteiger charge is 2.39. The van der Waals surface area contributed by atoms with E-state index >= 15 is 0 Å². The Morgan fingerprint density at radius 1 is 1.02 bits per heavy atom. The van der Waals surface area contributed by atoms with Gasteiger partial charge in [0.2, 0.25) is 5.91 Å². The van der Waals surface area contributed by atoms with Gasteiger partial charge in [-0.25, -0.2) is 0 Å². The number of carbonyl (C=O) groups excluding carboxylic acids is 2. The minimum Gasteiger partial charge on any atom is -0.489 e. The average molecular weight is 607 g/mol. The van der Waals surface area contributed by atoms with Crippen LogP contribution in [0.25, 0.3) is 5.57 Å². The van der Waals surface area contributed by atoms with Gasteiger partial charge in [-0.1, -0.05) is 83.9 Å². The molecule has 0 aromatic heterocycles. The Balaban J connectivity index is 1.41. The molecule has 1 fully saturated rings. The fourth-order valence-corrected chi connectivity index (χ4v) is 6.26. The van der Waals surface area contributed by atoms with Crippen LogP contribution in [0, 0.1) is 0 Å². The molecular weight excluding hydrogens is 569 g/mol. The Morgan fingerprint density at radius 3 is 2.52 bits per heavy atom. The molecule has 6 nitrogen and oxygen atoms in total. The van der Waals surface area contributed by atoms with Gasteiger partial charge in [0, 0.05) is 51.6 Å². The van der Waals surface area contributed by atoms with Crippen molar-refractivity contribution in [3.63, 3.8) is 0 Å². The van der Waals surface area contributed by atoms with E-state index in [-0.39, 0.29) is 30.0 Å². The molecule has 3 aromatic rings. The van der Waals surface area contributed by atoms with Crippen molar-refractivity contribution in [1.82, 2.24) is 15.1 Å². The summed E-state index contributed by atoms with van der Waals surface area (Å²) in [6.07, 6.45) is 1.96. The first kappa shape index (κ1) is 30.1. The molecule has 3 aromatic carbocycles. The van der Waals surface area contributed by atoms with Crippen molar-refractivity contribution in [2.75, 3.05) is 26.7 Å². The highest BCUT2D eigenvalue weighted by molar-refractivity contribution is 6.42. The Hall–Kier alpha value is -3.32. The number of benzene rings is 3. The van der Waals surface area contributed by atoms with Crippen molar-refractivity contribution < 1.29 is 14.3 Å². The fourth-order valence-electron chi connectivity index (χ4n) is 5.92.